The highest BCUT2D eigenvalue weighted by atomic mass is 16.5. The Kier molecular flexibility index (Phi) is 5.09. The fraction of sp³-hybridized carbons (Fsp3) is 0.917. The first kappa shape index (κ1) is 12.5. The molecule has 1 heterocycles. The molecule has 2 atom stereocenters. The molecule has 0 unspecified atom stereocenters. The van der Waals surface area contributed by atoms with E-state index in [0.29, 0.717) is 12.5 Å². The number of hydrogen-bond donors (Lipinski definition) is 0. The van der Waals surface area contributed by atoms with Crippen LogP contribution in [0.2, 0.25) is 0 Å². The molecular formula is C12H23NO2. The van der Waals surface area contributed by atoms with Crippen molar-refractivity contribution in [3.8, 4) is 0 Å². The van der Waals surface area contributed by atoms with Crippen molar-refractivity contribution in [1.29, 1.82) is 0 Å². The predicted molar refractivity (Wildman–Crippen MR) is 60.7 cm³/mol. The summed E-state index contributed by atoms with van der Waals surface area (Å²) in [5, 5.41) is 0. The molecule has 15 heavy (non-hydrogen) atoms. The van der Waals surface area contributed by atoms with Gasteiger partial charge in [-0.3, -0.25) is 4.79 Å². The summed E-state index contributed by atoms with van der Waals surface area (Å²) in [7, 11) is 0. The van der Waals surface area contributed by atoms with E-state index in [0.717, 1.165) is 19.5 Å². The Morgan fingerprint density at radius 1 is 1.53 bits per heavy atom. The van der Waals surface area contributed by atoms with E-state index in [2.05, 4.69) is 6.92 Å². The van der Waals surface area contributed by atoms with Gasteiger partial charge in [0.25, 0.3) is 5.91 Å². The van der Waals surface area contributed by atoms with Crippen LogP contribution in [-0.2, 0) is 9.53 Å². The average Bonchev–Trinajstić information content (AvgIpc) is 2.28. The second-order valence-corrected chi connectivity index (χ2v) is 4.30. The number of carbonyl (C=O) groups is 1. The summed E-state index contributed by atoms with van der Waals surface area (Å²) < 4.78 is 5.33. The molecule has 0 aromatic rings. The summed E-state index contributed by atoms with van der Waals surface area (Å²) in [6.45, 7) is 8.41. The third kappa shape index (κ3) is 3.49. The normalized spacial score (nSPS) is 23.9. The second kappa shape index (κ2) is 6.11. The van der Waals surface area contributed by atoms with Crippen molar-refractivity contribution < 1.29 is 9.53 Å². The van der Waals surface area contributed by atoms with E-state index < -0.39 is 0 Å². The average molecular weight is 213 g/mol. The maximum Gasteiger partial charge on any atom is 0.251 e. The largest absolute Gasteiger partial charge is 0.369 e. The number of amides is 1. The van der Waals surface area contributed by atoms with Gasteiger partial charge in [-0.1, -0.05) is 13.3 Å². The van der Waals surface area contributed by atoms with Crippen molar-refractivity contribution in [2.45, 2.75) is 46.1 Å². The standard InChI is InChI=1S/C12H23NO2/c1-4-11-7-6-8-13(9-11)12(14)10(3)15-5-2/h10-11H,4-9H2,1-3H3/t10-,11+/m0/s1. The number of likely N-dealkylation sites (tertiary alicyclic amines) is 1. The minimum atomic E-state index is -0.273. The Morgan fingerprint density at radius 2 is 2.27 bits per heavy atom. The first-order chi connectivity index (χ1) is 7.19. The number of rotatable bonds is 4. The highest BCUT2D eigenvalue weighted by molar-refractivity contribution is 5.80. The predicted octanol–water partition coefficient (Wildman–Crippen LogP) is 2.06. The van der Waals surface area contributed by atoms with Crippen LogP contribution in [0.5, 0.6) is 0 Å². The minimum absolute atomic E-state index is 0.162. The van der Waals surface area contributed by atoms with Crippen molar-refractivity contribution in [2.24, 2.45) is 5.92 Å². The van der Waals surface area contributed by atoms with Crippen LogP contribution in [0.25, 0.3) is 0 Å². The molecule has 1 amide bonds. The number of piperidine rings is 1. The van der Waals surface area contributed by atoms with Crippen molar-refractivity contribution in [3.05, 3.63) is 0 Å². The minimum Gasteiger partial charge on any atom is -0.369 e. The zero-order chi connectivity index (χ0) is 11.3. The summed E-state index contributed by atoms with van der Waals surface area (Å²) in [4.78, 5) is 13.9. The van der Waals surface area contributed by atoms with Crippen LogP contribution in [0.3, 0.4) is 0 Å². The topological polar surface area (TPSA) is 29.5 Å². The quantitative estimate of drug-likeness (QED) is 0.715. The Hall–Kier alpha value is -0.570. The number of nitrogens with zero attached hydrogens (tertiary/aromatic N) is 1. The SMILES string of the molecule is CCO[C@@H](C)C(=O)N1CCC[C@@H](CC)C1. The van der Waals surface area contributed by atoms with Crippen LogP contribution in [0, 0.1) is 5.92 Å². The summed E-state index contributed by atoms with van der Waals surface area (Å²) in [5.74, 6) is 0.853. The third-order valence-electron chi connectivity index (χ3n) is 3.17. The molecule has 1 aliphatic rings. The lowest BCUT2D eigenvalue weighted by Gasteiger charge is -2.33. The van der Waals surface area contributed by atoms with Crippen molar-refractivity contribution in [3.63, 3.8) is 0 Å². The first-order valence-electron chi connectivity index (χ1n) is 6.09. The zero-order valence-corrected chi connectivity index (χ0v) is 10.2. The first-order valence-corrected chi connectivity index (χ1v) is 6.09. The molecule has 0 aliphatic carbocycles. The molecule has 0 bridgehead atoms. The second-order valence-electron chi connectivity index (χ2n) is 4.30. The smallest absolute Gasteiger partial charge is 0.251 e. The van der Waals surface area contributed by atoms with Crippen LogP contribution in [0.4, 0.5) is 0 Å². The van der Waals surface area contributed by atoms with Gasteiger partial charge in [0.2, 0.25) is 0 Å². The molecule has 0 N–H and O–H groups in total. The molecule has 1 fully saturated rings. The maximum atomic E-state index is 12.0. The van der Waals surface area contributed by atoms with Crippen molar-refractivity contribution in [2.75, 3.05) is 19.7 Å². The Labute approximate surface area is 92.8 Å². The van der Waals surface area contributed by atoms with Gasteiger partial charge in [0.1, 0.15) is 6.10 Å². The third-order valence-corrected chi connectivity index (χ3v) is 3.17. The number of hydrogen-bond acceptors (Lipinski definition) is 2. The number of carbonyl (C=O) groups excluding carboxylic acids is 1. The molecular weight excluding hydrogens is 190 g/mol. The fourth-order valence-corrected chi connectivity index (χ4v) is 2.18. The van der Waals surface area contributed by atoms with Gasteiger partial charge in [0, 0.05) is 19.7 Å². The molecule has 0 aromatic carbocycles. The van der Waals surface area contributed by atoms with E-state index >= 15 is 0 Å². The molecule has 0 radical (unpaired) electrons. The lowest BCUT2D eigenvalue weighted by molar-refractivity contribution is -0.144. The van der Waals surface area contributed by atoms with Gasteiger partial charge in [0.05, 0.1) is 0 Å². The lowest BCUT2D eigenvalue weighted by atomic mass is 9.95. The van der Waals surface area contributed by atoms with Gasteiger partial charge in [0.15, 0.2) is 0 Å². The highest BCUT2D eigenvalue weighted by Gasteiger charge is 2.25. The van der Waals surface area contributed by atoms with Crippen LogP contribution >= 0.6 is 0 Å². The van der Waals surface area contributed by atoms with E-state index in [9.17, 15) is 4.79 Å². The van der Waals surface area contributed by atoms with Gasteiger partial charge < -0.3 is 9.64 Å². The molecule has 0 saturated carbocycles. The summed E-state index contributed by atoms with van der Waals surface area (Å²) in [6.07, 6.45) is 3.31. The Balaban J connectivity index is 2.44. The molecule has 1 rings (SSSR count). The van der Waals surface area contributed by atoms with E-state index in [1.54, 1.807) is 0 Å². The Morgan fingerprint density at radius 3 is 2.87 bits per heavy atom. The summed E-state index contributed by atoms with van der Waals surface area (Å²) in [6, 6.07) is 0. The molecule has 0 spiro atoms. The van der Waals surface area contributed by atoms with Gasteiger partial charge in [-0.25, -0.2) is 0 Å². The van der Waals surface area contributed by atoms with Gasteiger partial charge in [-0.05, 0) is 32.6 Å². The van der Waals surface area contributed by atoms with Crippen LogP contribution in [0.1, 0.15) is 40.0 Å². The monoisotopic (exact) mass is 213 g/mol. The molecule has 0 aromatic heterocycles. The van der Waals surface area contributed by atoms with Crippen LogP contribution in [-0.4, -0.2) is 36.6 Å². The highest BCUT2D eigenvalue weighted by Crippen LogP contribution is 2.19. The fourth-order valence-electron chi connectivity index (χ4n) is 2.18. The van der Waals surface area contributed by atoms with Crippen molar-refractivity contribution in [1.82, 2.24) is 4.90 Å². The molecule has 1 aliphatic heterocycles. The Bertz CT molecular complexity index is 206. The summed E-state index contributed by atoms with van der Waals surface area (Å²) in [5.41, 5.74) is 0. The van der Waals surface area contributed by atoms with E-state index in [1.165, 1.54) is 12.8 Å². The maximum absolute atomic E-state index is 12.0. The summed E-state index contributed by atoms with van der Waals surface area (Å²) >= 11 is 0. The molecule has 3 nitrogen and oxygen atoms in total. The van der Waals surface area contributed by atoms with E-state index in [-0.39, 0.29) is 12.0 Å². The van der Waals surface area contributed by atoms with Crippen molar-refractivity contribution >= 4 is 5.91 Å². The van der Waals surface area contributed by atoms with E-state index in [1.807, 2.05) is 18.7 Å². The molecule has 3 heteroatoms. The van der Waals surface area contributed by atoms with Gasteiger partial charge in [-0.15, -0.1) is 0 Å². The van der Waals surface area contributed by atoms with Gasteiger partial charge >= 0.3 is 0 Å². The van der Waals surface area contributed by atoms with Crippen LogP contribution in [0.15, 0.2) is 0 Å². The lowest BCUT2D eigenvalue weighted by Crippen LogP contribution is -2.44. The van der Waals surface area contributed by atoms with Crippen LogP contribution < -0.4 is 0 Å². The molecule has 1 saturated heterocycles. The van der Waals surface area contributed by atoms with Gasteiger partial charge in [-0.2, -0.15) is 0 Å². The zero-order valence-electron chi connectivity index (χ0n) is 10.2. The number of ether oxygens (including phenoxy) is 1. The van der Waals surface area contributed by atoms with E-state index in [4.69, 9.17) is 4.74 Å². The molecule has 88 valence electrons.